The number of carbonyl (C=O) groups excluding carboxylic acids is 3. The molecule has 0 aliphatic carbocycles. The number of allylic oxidation sites excluding steroid dienone is 20. The fraction of sp³-hybridized carbons (Fsp3) is 0.610. The van der Waals surface area contributed by atoms with Gasteiger partial charge in [0, 0.05) is 19.3 Å². The number of hydrogen-bond donors (Lipinski definition) is 0. The quantitative estimate of drug-likeness (QED) is 0.0262. The molecule has 0 aliphatic heterocycles. The largest absolute Gasteiger partial charge is 0.462 e. The van der Waals surface area contributed by atoms with E-state index in [-0.39, 0.29) is 44.0 Å². The molecule has 0 aromatic rings. The summed E-state index contributed by atoms with van der Waals surface area (Å²) < 4.78 is 16.7. The Morgan fingerprint density at radius 1 is 0.323 bits per heavy atom. The highest BCUT2D eigenvalue weighted by Gasteiger charge is 2.19. The van der Waals surface area contributed by atoms with Gasteiger partial charge in [-0.3, -0.25) is 14.4 Å². The summed E-state index contributed by atoms with van der Waals surface area (Å²) in [5.41, 5.74) is 0. The topological polar surface area (TPSA) is 78.9 Å². The van der Waals surface area contributed by atoms with Crippen molar-refractivity contribution < 1.29 is 28.6 Å². The minimum absolute atomic E-state index is 0.120. The second-order valence-corrected chi connectivity index (χ2v) is 16.9. The molecule has 0 fully saturated rings. The van der Waals surface area contributed by atoms with Crippen molar-refractivity contribution in [2.45, 2.75) is 219 Å². The van der Waals surface area contributed by atoms with Crippen LogP contribution in [0.15, 0.2) is 122 Å². The monoisotopic (exact) mass is 899 g/mol. The summed E-state index contributed by atoms with van der Waals surface area (Å²) in [6.45, 7) is 6.24. The van der Waals surface area contributed by atoms with Gasteiger partial charge in [0.2, 0.25) is 0 Å². The molecule has 0 spiro atoms. The van der Waals surface area contributed by atoms with Crippen molar-refractivity contribution in [1.82, 2.24) is 0 Å². The third-order valence-corrected chi connectivity index (χ3v) is 10.7. The van der Waals surface area contributed by atoms with E-state index < -0.39 is 6.10 Å². The number of esters is 3. The second kappa shape index (κ2) is 52.4. The van der Waals surface area contributed by atoms with Crippen LogP contribution in [0.3, 0.4) is 0 Å². The lowest BCUT2D eigenvalue weighted by Gasteiger charge is -2.18. The van der Waals surface area contributed by atoms with Gasteiger partial charge in [-0.15, -0.1) is 0 Å². The number of hydrogen-bond acceptors (Lipinski definition) is 6. The summed E-state index contributed by atoms with van der Waals surface area (Å²) >= 11 is 0. The Hall–Kier alpha value is -4.19. The number of ether oxygens (including phenoxy) is 3. The lowest BCUT2D eigenvalue weighted by molar-refractivity contribution is -0.167. The Kier molecular flexibility index (Phi) is 49.1. The van der Waals surface area contributed by atoms with E-state index in [0.29, 0.717) is 19.3 Å². The predicted molar refractivity (Wildman–Crippen MR) is 279 cm³/mol. The smallest absolute Gasteiger partial charge is 0.306 e. The van der Waals surface area contributed by atoms with E-state index in [0.717, 1.165) is 57.8 Å². The maximum absolute atomic E-state index is 12.8. The molecule has 0 saturated heterocycles. The van der Waals surface area contributed by atoms with Gasteiger partial charge in [-0.2, -0.15) is 0 Å². The molecule has 0 N–H and O–H groups in total. The van der Waals surface area contributed by atoms with Gasteiger partial charge in [0.1, 0.15) is 13.2 Å². The van der Waals surface area contributed by atoms with Crippen LogP contribution in [-0.4, -0.2) is 37.2 Å². The van der Waals surface area contributed by atoms with E-state index in [1.807, 2.05) is 103 Å². The van der Waals surface area contributed by atoms with Crippen LogP contribution in [0.5, 0.6) is 0 Å². The summed E-state index contributed by atoms with van der Waals surface area (Å²) in [5.74, 6) is -1.04. The zero-order valence-electron chi connectivity index (χ0n) is 41.7. The lowest BCUT2D eigenvalue weighted by atomic mass is 10.0. The van der Waals surface area contributed by atoms with Crippen LogP contribution >= 0.6 is 0 Å². The molecule has 0 heterocycles. The van der Waals surface area contributed by atoms with Gasteiger partial charge in [0.25, 0.3) is 0 Å². The van der Waals surface area contributed by atoms with E-state index in [1.165, 1.54) is 103 Å². The Morgan fingerprint density at radius 2 is 0.615 bits per heavy atom. The molecule has 1 atom stereocenters. The van der Waals surface area contributed by atoms with Crippen LogP contribution in [0.2, 0.25) is 0 Å². The molecular formula is C59H94O6. The van der Waals surface area contributed by atoms with Crippen LogP contribution in [0, 0.1) is 0 Å². The van der Waals surface area contributed by atoms with Crippen LogP contribution < -0.4 is 0 Å². The summed E-state index contributed by atoms with van der Waals surface area (Å²) in [7, 11) is 0. The van der Waals surface area contributed by atoms with Crippen LogP contribution in [0.1, 0.15) is 213 Å². The SMILES string of the molecule is CC/C=C/C=C/C=C/C=C/C=C/CCCCCC(=O)OC(COC(=O)CCC/C=C/C=C/C=C/C=C/C=C/CC)COC(=O)CCCCCCCCCCCCCCCCCCCCC. The fourth-order valence-corrected chi connectivity index (χ4v) is 6.85. The Morgan fingerprint density at radius 3 is 1.00 bits per heavy atom. The number of carbonyl (C=O) groups is 3. The first-order valence-electron chi connectivity index (χ1n) is 26.2. The van der Waals surface area contributed by atoms with Crippen molar-refractivity contribution in [2.24, 2.45) is 0 Å². The maximum Gasteiger partial charge on any atom is 0.306 e. The van der Waals surface area contributed by atoms with Gasteiger partial charge >= 0.3 is 17.9 Å². The fourth-order valence-electron chi connectivity index (χ4n) is 6.85. The van der Waals surface area contributed by atoms with Crippen molar-refractivity contribution in [1.29, 1.82) is 0 Å². The molecule has 1 unspecified atom stereocenters. The molecule has 0 saturated carbocycles. The van der Waals surface area contributed by atoms with Crippen molar-refractivity contribution >= 4 is 17.9 Å². The predicted octanol–water partition coefficient (Wildman–Crippen LogP) is 17.3. The molecule has 0 radical (unpaired) electrons. The zero-order valence-corrected chi connectivity index (χ0v) is 41.7. The zero-order chi connectivity index (χ0) is 47.2. The van der Waals surface area contributed by atoms with Crippen molar-refractivity contribution in [3.63, 3.8) is 0 Å². The number of rotatable bonds is 45. The molecule has 0 amide bonds. The Bertz CT molecular complexity index is 1400. The minimum Gasteiger partial charge on any atom is -0.462 e. The van der Waals surface area contributed by atoms with Gasteiger partial charge in [-0.05, 0) is 51.4 Å². The minimum atomic E-state index is -0.830. The van der Waals surface area contributed by atoms with Crippen molar-refractivity contribution in [3.8, 4) is 0 Å². The molecule has 0 rings (SSSR count). The van der Waals surface area contributed by atoms with Gasteiger partial charge in [0.15, 0.2) is 6.10 Å². The Labute approximate surface area is 399 Å². The van der Waals surface area contributed by atoms with Crippen LogP contribution in [-0.2, 0) is 28.6 Å². The highest BCUT2D eigenvalue weighted by molar-refractivity contribution is 5.71. The first kappa shape index (κ1) is 60.8. The van der Waals surface area contributed by atoms with Crippen molar-refractivity contribution in [2.75, 3.05) is 13.2 Å². The first-order valence-corrected chi connectivity index (χ1v) is 26.2. The highest BCUT2D eigenvalue weighted by atomic mass is 16.6. The van der Waals surface area contributed by atoms with E-state index in [1.54, 1.807) is 0 Å². The average Bonchev–Trinajstić information content (AvgIpc) is 3.30. The van der Waals surface area contributed by atoms with Crippen LogP contribution in [0.4, 0.5) is 0 Å². The third kappa shape index (κ3) is 50.7. The summed E-state index contributed by atoms with van der Waals surface area (Å²) in [6.07, 6.45) is 72.0. The number of unbranched alkanes of at least 4 members (excludes halogenated alkanes) is 22. The van der Waals surface area contributed by atoms with E-state index in [4.69, 9.17) is 14.2 Å². The summed E-state index contributed by atoms with van der Waals surface area (Å²) in [6, 6.07) is 0. The van der Waals surface area contributed by atoms with E-state index in [9.17, 15) is 14.4 Å². The second-order valence-electron chi connectivity index (χ2n) is 16.9. The molecule has 366 valence electrons. The summed E-state index contributed by atoms with van der Waals surface area (Å²) in [5, 5.41) is 0. The molecule has 0 aromatic carbocycles. The van der Waals surface area contributed by atoms with Crippen LogP contribution in [0.25, 0.3) is 0 Å². The molecule has 0 aliphatic rings. The Balaban J connectivity index is 4.50. The third-order valence-electron chi connectivity index (χ3n) is 10.7. The van der Waals surface area contributed by atoms with Gasteiger partial charge < -0.3 is 14.2 Å². The first-order chi connectivity index (χ1) is 32.0. The van der Waals surface area contributed by atoms with Gasteiger partial charge in [-0.1, -0.05) is 264 Å². The lowest BCUT2D eigenvalue weighted by Crippen LogP contribution is -2.30. The molecule has 65 heavy (non-hydrogen) atoms. The van der Waals surface area contributed by atoms with Crippen molar-refractivity contribution in [3.05, 3.63) is 122 Å². The van der Waals surface area contributed by atoms with Gasteiger partial charge in [-0.25, -0.2) is 0 Å². The molecular weight excluding hydrogens is 805 g/mol. The maximum atomic E-state index is 12.8. The highest BCUT2D eigenvalue weighted by Crippen LogP contribution is 2.15. The molecule has 6 nitrogen and oxygen atoms in total. The molecule has 0 bridgehead atoms. The standard InChI is InChI=1S/C59H94O6/c1-4-7-10-13-16-19-22-25-27-28-29-30-32-34-37-40-43-46-49-52-58(61)64-55-56(54-63-57(60)51-48-45-42-39-36-33-24-21-18-15-12-9-6-3)65-59(62)53-50-47-44-41-38-35-31-26-23-20-17-14-11-8-5-2/h8-9,11-12,14-15,17-18,20-21,23-24,26,31,33,35-36,38-39,42,56H,4-7,10,13,16,19,22,25,27-30,32,34,37,40-41,43-55H2,1-3H3/b11-8+,12-9+,17-14+,18-15+,23-20+,24-21+,31-26+,36-33+,38-35+,42-39+. The van der Waals surface area contributed by atoms with E-state index in [2.05, 4.69) is 39.0 Å². The molecule has 0 aromatic heterocycles. The summed E-state index contributed by atoms with van der Waals surface area (Å²) in [4.78, 5) is 38.0. The van der Waals surface area contributed by atoms with E-state index >= 15 is 0 Å². The molecule has 6 heteroatoms. The average molecular weight is 899 g/mol. The normalized spacial score (nSPS) is 13.1. The van der Waals surface area contributed by atoms with Gasteiger partial charge in [0.05, 0.1) is 0 Å².